The molecule has 156 valence electrons. The summed E-state index contributed by atoms with van der Waals surface area (Å²) in [6.07, 6.45) is 2.08. The Kier molecular flexibility index (Phi) is 5.86. The molecule has 1 aromatic heterocycles. The summed E-state index contributed by atoms with van der Waals surface area (Å²) in [5.41, 5.74) is 4.07. The molecule has 1 fully saturated rings. The lowest BCUT2D eigenvalue weighted by Crippen LogP contribution is -2.56. The van der Waals surface area contributed by atoms with Crippen LogP contribution in [0.5, 0.6) is 5.75 Å². The Bertz CT molecular complexity index is 996. The van der Waals surface area contributed by atoms with Gasteiger partial charge in [-0.25, -0.2) is 4.68 Å². The molecular formula is C24H28N4O2. The summed E-state index contributed by atoms with van der Waals surface area (Å²) < 4.78 is 7.23. The van der Waals surface area contributed by atoms with Gasteiger partial charge in [0.05, 0.1) is 24.5 Å². The summed E-state index contributed by atoms with van der Waals surface area (Å²) in [5.74, 6) is 1.16. The Labute approximate surface area is 177 Å². The number of rotatable bonds is 6. The molecule has 1 saturated heterocycles. The monoisotopic (exact) mass is 404 g/mol. The van der Waals surface area contributed by atoms with Gasteiger partial charge in [-0.15, -0.1) is 0 Å². The van der Waals surface area contributed by atoms with E-state index in [0.717, 1.165) is 34.8 Å². The number of benzene rings is 2. The quantitative estimate of drug-likeness (QED) is 0.683. The summed E-state index contributed by atoms with van der Waals surface area (Å²) in [5, 5.41) is 7.91. The van der Waals surface area contributed by atoms with Crippen molar-refractivity contribution in [2.24, 2.45) is 5.92 Å². The molecule has 1 aliphatic rings. The Morgan fingerprint density at radius 3 is 2.53 bits per heavy atom. The predicted molar refractivity (Wildman–Crippen MR) is 118 cm³/mol. The van der Waals surface area contributed by atoms with Crippen LogP contribution in [0, 0.1) is 5.92 Å². The normalized spacial score (nSPS) is 17.2. The van der Waals surface area contributed by atoms with Crippen LogP contribution in [0.2, 0.25) is 0 Å². The molecule has 1 N–H and O–H groups in total. The van der Waals surface area contributed by atoms with Crippen molar-refractivity contribution >= 4 is 5.91 Å². The van der Waals surface area contributed by atoms with Gasteiger partial charge in [0, 0.05) is 37.0 Å². The molecule has 1 aliphatic heterocycles. The molecule has 1 unspecified atom stereocenters. The summed E-state index contributed by atoms with van der Waals surface area (Å²) in [7, 11) is 1.66. The van der Waals surface area contributed by atoms with Crippen LogP contribution < -0.4 is 10.1 Å². The van der Waals surface area contributed by atoms with Gasteiger partial charge in [-0.3, -0.25) is 9.69 Å². The van der Waals surface area contributed by atoms with Gasteiger partial charge in [-0.1, -0.05) is 32.0 Å². The van der Waals surface area contributed by atoms with Crippen molar-refractivity contribution in [3.63, 3.8) is 0 Å². The van der Waals surface area contributed by atoms with E-state index in [1.807, 2.05) is 59.3 Å². The van der Waals surface area contributed by atoms with Gasteiger partial charge in [0.1, 0.15) is 5.75 Å². The zero-order chi connectivity index (χ0) is 21.1. The third-order valence-electron chi connectivity index (χ3n) is 5.54. The number of aromatic nitrogens is 2. The van der Waals surface area contributed by atoms with Crippen LogP contribution in [0.25, 0.3) is 16.9 Å². The maximum absolute atomic E-state index is 12.5. The molecule has 1 atom stereocenters. The highest BCUT2D eigenvalue weighted by Gasteiger charge is 2.32. The van der Waals surface area contributed by atoms with E-state index >= 15 is 0 Å². The highest BCUT2D eigenvalue weighted by Crippen LogP contribution is 2.28. The van der Waals surface area contributed by atoms with E-state index in [-0.39, 0.29) is 17.9 Å². The minimum absolute atomic E-state index is 0.109. The number of hydrogen-bond donors (Lipinski definition) is 1. The molecule has 1 amide bonds. The third kappa shape index (κ3) is 4.09. The molecule has 0 aliphatic carbocycles. The highest BCUT2D eigenvalue weighted by atomic mass is 16.5. The second-order valence-electron chi connectivity index (χ2n) is 7.96. The number of piperazine rings is 1. The first kappa shape index (κ1) is 20.2. The lowest BCUT2D eigenvalue weighted by Gasteiger charge is -2.37. The Morgan fingerprint density at radius 2 is 1.87 bits per heavy atom. The first-order valence-electron chi connectivity index (χ1n) is 10.4. The van der Waals surface area contributed by atoms with E-state index in [0.29, 0.717) is 13.1 Å². The summed E-state index contributed by atoms with van der Waals surface area (Å²) >= 11 is 0. The minimum atomic E-state index is -0.137. The van der Waals surface area contributed by atoms with Gasteiger partial charge in [-0.2, -0.15) is 5.10 Å². The van der Waals surface area contributed by atoms with Crippen molar-refractivity contribution in [1.29, 1.82) is 0 Å². The van der Waals surface area contributed by atoms with E-state index in [9.17, 15) is 4.79 Å². The van der Waals surface area contributed by atoms with Crippen molar-refractivity contribution in [3.05, 3.63) is 66.4 Å². The van der Waals surface area contributed by atoms with Crippen molar-refractivity contribution in [1.82, 2.24) is 20.0 Å². The number of hydrogen-bond acceptors (Lipinski definition) is 4. The summed E-state index contributed by atoms with van der Waals surface area (Å²) in [6.45, 7) is 6.37. The second-order valence-corrected chi connectivity index (χ2v) is 7.96. The van der Waals surface area contributed by atoms with Crippen molar-refractivity contribution in [3.8, 4) is 22.7 Å². The van der Waals surface area contributed by atoms with Crippen LogP contribution in [0.1, 0.15) is 19.4 Å². The average Bonchev–Trinajstić information content (AvgIpc) is 3.18. The van der Waals surface area contributed by atoms with E-state index in [4.69, 9.17) is 9.84 Å². The van der Waals surface area contributed by atoms with Crippen molar-refractivity contribution < 1.29 is 9.53 Å². The molecule has 4 rings (SSSR count). The number of amides is 1. The van der Waals surface area contributed by atoms with E-state index < -0.39 is 0 Å². The fraction of sp³-hybridized carbons (Fsp3) is 0.333. The first-order valence-corrected chi connectivity index (χ1v) is 10.4. The molecule has 2 aromatic carbocycles. The number of ether oxygens (including phenoxy) is 1. The number of methoxy groups -OCH3 is 1. The van der Waals surface area contributed by atoms with Crippen LogP contribution in [0.15, 0.2) is 60.8 Å². The number of para-hydroxylation sites is 1. The smallest absolute Gasteiger partial charge is 0.237 e. The zero-order valence-electron chi connectivity index (χ0n) is 17.7. The number of nitrogens with one attached hydrogen (secondary N) is 1. The van der Waals surface area contributed by atoms with E-state index in [1.54, 1.807) is 7.11 Å². The van der Waals surface area contributed by atoms with Crippen molar-refractivity contribution in [2.45, 2.75) is 26.4 Å². The van der Waals surface area contributed by atoms with E-state index in [2.05, 4.69) is 30.3 Å². The lowest BCUT2D eigenvalue weighted by molar-refractivity contribution is -0.131. The fourth-order valence-corrected chi connectivity index (χ4v) is 4.08. The van der Waals surface area contributed by atoms with E-state index in [1.165, 1.54) is 0 Å². The molecule has 0 saturated carbocycles. The third-order valence-corrected chi connectivity index (χ3v) is 5.54. The minimum Gasteiger partial charge on any atom is -0.497 e. The van der Waals surface area contributed by atoms with Crippen LogP contribution in [-0.2, 0) is 11.3 Å². The predicted octanol–water partition coefficient (Wildman–Crippen LogP) is 3.50. The molecule has 6 heteroatoms. The number of carbonyl (C=O) groups excluding carboxylic acids is 1. The summed E-state index contributed by atoms with van der Waals surface area (Å²) in [4.78, 5) is 14.8. The SMILES string of the molecule is COc1ccc(-c2nn(-c3ccccc3)cc2CN2CCNC(=O)C2C(C)C)cc1. The van der Waals surface area contributed by atoms with Gasteiger partial charge >= 0.3 is 0 Å². The van der Waals surface area contributed by atoms with Gasteiger partial charge < -0.3 is 10.1 Å². The topological polar surface area (TPSA) is 59.4 Å². The molecule has 0 spiro atoms. The Hall–Kier alpha value is -3.12. The van der Waals surface area contributed by atoms with Crippen LogP contribution in [0.4, 0.5) is 0 Å². The molecule has 30 heavy (non-hydrogen) atoms. The second kappa shape index (κ2) is 8.71. The highest BCUT2D eigenvalue weighted by molar-refractivity contribution is 5.82. The van der Waals surface area contributed by atoms with Crippen LogP contribution in [0.3, 0.4) is 0 Å². The molecular weight excluding hydrogens is 376 g/mol. The largest absolute Gasteiger partial charge is 0.497 e. The lowest BCUT2D eigenvalue weighted by atomic mass is 9.98. The Morgan fingerprint density at radius 1 is 1.13 bits per heavy atom. The molecule has 3 aromatic rings. The molecule has 6 nitrogen and oxygen atoms in total. The average molecular weight is 405 g/mol. The van der Waals surface area contributed by atoms with Gasteiger partial charge in [0.2, 0.25) is 5.91 Å². The van der Waals surface area contributed by atoms with Crippen LogP contribution >= 0.6 is 0 Å². The van der Waals surface area contributed by atoms with Gasteiger partial charge in [-0.05, 0) is 42.3 Å². The van der Waals surface area contributed by atoms with Gasteiger partial charge in [0.25, 0.3) is 0 Å². The standard InChI is InChI=1S/C24H28N4O2/c1-17(2)23-24(29)25-13-14-27(23)15-19-16-28(20-7-5-4-6-8-20)26-22(19)18-9-11-21(30-3)12-10-18/h4-12,16-17,23H,13-15H2,1-3H3,(H,25,29). The molecule has 0 bridgehead atoms. The number of nitrogens with zero attached hydrogens (tertiary/aromatic N) is 3. The van der Waals surface area contributed by atoms with Crippen LogP contribution in [-0.4, -0.2) is 46.8 Å². The zero-order valence-corrected chi connectivity index (χ0v) is 17.7. The maximum atomic E-state index is 12.5. The first-order chi connectivity index (χ1) is 14.6. The number of carbonyl (C=O) groups is 1. The van der Waals surface area contributed by atoms with Crippen molar-refractivity contribution in [2.75, 3.05) is 20.2 Å². The van der Waals surface area contributed by atoms with Gasteiger partial charge in [0.15, 0.2) is 0 Å². The maximum Gasteiger partial charge on any atom is 0.237 e. The fourth-order valence-electron chi connectivity index (χ4n) is 4.08. The Balaban J connectivity index is 1.73. The summed E-state index contributed by atoms with van der Waals surface area (Å²) in [6, 6.07) is 17.9. The molecule has 0 radical (unpaired) electrons. The molecule has 2 heterocycles.